The first-order chi connectivity index (χ1) is 13.6. The minimum atomic E-state index is -0.766. The van der Waals surface area contributed by atoms with Gasteiger partial charge in [0.25, 0.3) is 5.91 Å². The van der Waals surface area contributed by atoms with Crippen LogP contribution in [-0.2, 0) is 22.7 Å². The molecule has 1 aliphatic heterocycles. The second kappa shape index (κ2) is 8.12. The predicted octanol–water partition coefficient (Wildman–Crippen LogP) is 2.76. The molecular formula is C20H24ClFN4O3. The van der Waals surface area contributed by atoms with E-state index in [0.29, 0.717) is 24.7 Å². The highest BCUT2D eigenvalue weighted by atomic mass is 35.5. The van der Waals surface area contributed by atoms with Crippen LogP contribution in [0.3, 0.4) is 0 Å². The molecule has 9 heteroatoms. The highest BCUT2D eigenvalue weighted by molar-refractivity contribution is 6.30. The summed E-state index contributed by atoms with van der Waals surface area (Å²) in [5.41, 5.74) is 0.391. The van der Waals surface area contributed by atoms with Crippen molar-refractivity contribution in [1.82, 2.24) is 20.2 Å². The smallest absolute Gasteiger partial charge is 0.272 e. The van der Waals surface area contributed by atoms with Gasteiger partial charge in [-0.2, -0.15) is 0 Å². The lowest BCUT2D eigenvalue weighted by atomic mass is 9.86. The fraction of sp³-hybridized carbons (Fsp3) is 0.450. The van der Waals surface area contributed by atoms with Crippen LogP contribution >= 0.6 is 11.6 Å². The van der Waals surface area contributed by atoms with Gasteiger partial charge >= 0.3 is 0 Å². The van der Waals surface area contributed by atoms with Gasteiger partial charge in [-0.05, 0) is 23.6 Å². The van der Waals surface area contributed by atoms with Gasteiger partial charge in [0.1, 0.15) is 17.7 Å². The van der Waals surface area contributed by atoms with Crippen LogP contribution in [0.4, 0.5) is 4.39 Å². The van der Waals surface area contributed by atoms with E-state index in [0.717, 1.165) is 0 Å². The Morgan fingerprint density at radius 2 is 2.07 bits per heavy atom. The largest absolute Gasteiger partial charge is 0.373 e. The van der Waals surface area contributed by atoms with Crippen LogP contribution in [-0.4, -0.2) is 41.1 Å². The molecule has 0 saturated carbocycles. The summed E-state index contributed by atoms with van der Waals surface area (Å²) in [5, 5.41) is 5.61. The first-order valence-corrected chi connectivity index (χ1v) is 9.66. The molecule has 2 aromatic rings. The number of aromatic nitrogens is 2. The number of rotatable bonds is 4. The summed E-state index contributed by atoms with van der Waals surface area (Å²) in [6.45, 7) is 6.60. The van der Waals surface area contributed by atoms with E-state index in [1.807, 2.05) is 20.8 Å². The number of imidazole rings is 1. The zero-order valence-electron chi connectivity index (χ0n) is 16.8. The van der Waals surface area contributed by atoms with Crippen molar-refractivity contribution in [3.63, 3.8) is 0 Å². The van der Waals surface area contributed by atoms with E-state index in [9.17, 15) is 14.0 Å². The Balaban J connectivity index is 2.03. The van der Waals surface area contributed by atoms with Gasteiger partial charge in [0.15, 0.2) is 5.69 Å². The number of ether oxygens (including phenoxy) is 1. The lowest BCUT2D eigenvalue weighted by Crippen LogP contribution is -2.53. The van der Waals surface area contributed by atoms with E-state index >= 15 is 0 Å². The van der Waals surface area contributed by atoms with Gasteiger partial charge in [0, 0.05) is 18.6 Å². The summed E-state index contributed by atoms with van der Waals surface area (Å²) in [6, 6.07) is 3.55. The molecule has 7 nitrogen and oxygen atoms in total. The number of fused-ring (bicyclic) bond motifs is 1. The summed E-state index contributed by atoms with van der Waals surface area (Å²) in [7, 11) is 1.51. The van der Waals surface area contributed by atoms with Crippen LogP contribution in [0.1, 0.15) is 37.0 Å². The number of carbonyl (C=O) groups excluding carboxylic acids is 2. The molecule has 3 rings (SSSR count). The van der Waals surface area contributed by atoms with E-state index < -0.39 is 23.2 Å². The Morgan fingerprint density at radius 3 is 2.69 bits per heavy atom. The number of halogens is 2. The Kier molecular flexibility index (Phi) is 5.95. The molecule has 1 aromatic heterocycles. The highest BCUT2D eigenvalue weighted by Gasteiger charge is 2.34. The first-order valence-electron chi connectivity index (χ1n) is 9.28. The number of hydrogen-bond acceptors (Lipinski definition) is 4. The van der Waals surface area contributed by atoms with Crippen LogP contribution in [0.2, 0.25) is 5.02 Å². The van der Waals surface area contributed by atoms with Crippen LogP contribution in [0.15, 0.2) is 18.2 Å². The zero-order chi connectivity index (χ0) is 21.3. The number of nitrogens with one attached hydrogen (secondary N) is 2. The maximum absolute atomic E-state index is 14.5. The van der Waals surface area contributed by atoms with Crippen molar-refractivity contribution in [2.24, 2.45) is 5.41 Å². The molecule has 156 valence electrons. The Bertz CT molecular complexity index is 952. The highest BCUT2D eigenvalue weighted by Crippen LogP contribution is 2.29. The summed E-state index contributed by atoms with van der Waals surface area (Å²) in [5.74, 6) is -1.01. The number of amides is 2. The van der Waals surface area contributed by atoms with Crippen molar-refractivity contribution in [3.05, 3.63) is 40.4 Å². The monoisotopic (exact) mass is 422 g/mol. The number of benzene rings is 1. The summed E-state index contributed by atoms with van der Waals surface area (Å²) >= 11 is 5.86. The molecule has 0 bridgehead atoms. The van der Waals surface area contributed by atoms with E-state index in [2.05, 4.69) is 15.6 Å². The molecule has 0 aliphatic carbocycles. The Labute approximate surface area is 173 Å². The fourth-order valence-electron chi connectivity index (χ4n) is 3.28. The molecule has 29 heavy (non-hydrogen) atoms. The number of hydrogen-bond donors (Lipinski definition) is 2. The molecule has 1 aromatic carbocycles. The third kappa shape index (κ3) is 4.28. The van der Waals surface area contributed by atoms with Gasteiger partial charge < -0.3 is 19.9 Å². The van der Waals surface area contributed by atoms with Crippen LogP contribution in [0.25, 0.3) is 11.4 Å². The molecule has 1 atom stereocenters. The van der Waals surface area contributed by atoms with E-state index in [1.54, 1.807) is 10.6 Å². The maximum atomic E-state index is 14.5. The van der Waals surface area contributed by atoms with E-state index in [-0.39, 0.29) is 28.8 Å². The van der Waals surface area contributed by atoms with Crippen molar-refractivity contribution < 1.29 is 18.7 Å². The third-order valence-electron chi connectivity index (χ3n) is 4.81. The van der Waals surface area contributed by atoms with Gasteiger partial charge in [0.2, 0.25) is 5.91 Å². The van der Waals surface area contributed by atoms with Crippen molar-refractivity contribution >= 4 is 23.4 Å². The molecule has 2 heterocycles. The number of likely N-dealkylation sites (N-methyl/N-ethyl adjacent to an activating group) is 1. The van der Waals surface area contributed by atoms with E-state index in [1.165, 1.54) is 19.2 Å². The lowest BCUT2D eigenvalue weighted by Gasteiger charge is -2.29. The van der Waals surface area contributed by atoms with Crippen molar-refractivity contribution in [3.8, 4) is 11.4 Å². The van der Waals surface area contributed by atoms with Crippen LogP contribution in [0, 0.1) is 11.2 Å². The standard InChI is InChI=1S/C20H24ClFN4O3/c1-20(2,3)16(19(28)23-4)25-18(27)15-14-10-29-8-7-26(14)17(24-15)12-6-5-11(21)9-13(12)22/h5-6,9,16H,7-8,10H2,1-4H3,(H,23,28)(H,25,27). The quantitative estimate of drug-likeness (QED) is 0.793. The summed E-state index contributed by atoms with van der Waals surface area (Å²) in [6.07, 6.45) is 0. The molecule has 0 spiro atoms. The lowest BCUT2D eigenvalue weighted by molar-refractivity contribution is -0.124. The molecule has 0 radical (unpaired) electrons. The number of carbonyl (C=O) groups is 2. The van der Waals surface area contributed by atoms with Gasteiger partial charge in [-0.1, -0.05) is 32.4 Å². The molecule has 2 N–H and O–H groups in total. The zero-order valence-corrected chi connectivity index (χ0v) is 17.6. The molecule has 1 unspecified atom stereocenters. The summed E-state index contributed by atoms with van der Waals surface area (Å²) < 4.78 is 21.8. The normalized spacial score (nSPS) is 14.8. The predicted molar refractivity (Wildman–Crippen MR) is 107 cm³/mol. The minimum Gasteiger partial charge on any atom is -0.373 e. The van der Waals surface area contributed by atoms with Gasteiger partial charge in [-0.3, -0.25) is 9.59 Å². The second-order valence-electron chi connectivity index (χ2n) is 7.95. The van der Waals surface area contributed by atoms with E-state index in [4.69, 9.17) is 16.3 Å². The molecule has 0 fully saturated rings. The van der Waals surface area contributed by atoms with Crippen molar-refractivity contribution in [1.29, 1.82) is 0 Å². The SMILES string of the molecule is CNC(=O)C(NC(=O)c1nc(-c2ccc(Cl)cc2F)n2c1COCC2)C(C)(C)C. The topological polar surface area (TPSA) is 85.3 Å². The van der Waals surface area contributed by atoms with Crippen LogP contribution < -0.4 is 10.6 Å². The average Bonchev–Trinajstić information content (AvgIpc) is 3.04. The molecule has 1 aliphatic rings. The Hall–Kier alpha value is -2.45. The summed E-state index contributed by atoms with van der Waals surface area (Å²) in [4.78, 5) is 29.7. The fourth-order valence-corrected chi connectivity index (χ4v) is 3.43. The van der Waals surface area contributed by atoms with Gasteiger partial charge in [-0.25, -0.2) is 9.37 Å². The van der Waals surface area contributed by atoms with Crippen molar-refractivity contribution in [2.45, 2.75) is 40.0 Å². The average molecular weight is 423 g/mol. The van der Waals surface area contributed by atoms with Crippen molar-refractivity contribution in [2.75, 3.05) is 13.7 Å². The van der Waals surface area contributed by atoms with Gasteiger partial charge in [-0.15, -0.1) is 0 Å². The molecular weight excluding hydrogens is 399 g/mol. The molecule has 2 amide bonds. The minimum absolute atomic E-state index is 0.118. The van der Waals surface area contributed by atoms with Crippen LogP contribution in [0.5, 0.6) is 0 Å². The molecule has 0 saturated heterocycles. The third-order valence-corrected chi connectivity index (χ3v) is 5.04. The maximum Gasteiger partial charge on any atom is 0.272 e. The first kappa shape index (κ1) is 21.3. The van der Waals surface area contributed by atoms with Gasteiger partial charge in [0.05, 0.1) is 24.5 Å². The number of nitrogens with zero attached hydrogens (tertiary/aromatic N) is 2. The Morgan fingerprint density at radius 1 is 1.34 bits per heavy atom. The second-order valence-corrected chi connectivity index (χ2v) is 8.38.